The molecule has 0 aliphatic heterocycles. The van der Waals surface area contributed by atoms with Crippen LogP contribution in [0.15, 0.2) is 60.7 Å². The topological polar surface area (TPSA) is 0 Å². The Labute approximate surface area is 88.2 Å². The molecule has 2 rings (SSSR count). The molecule has 0 saturated heterocycles. The molecule has 2 aromatic carbocycles. The first-order valence-corrected chi connectivity index (χ1v) is 3.33. The van der Waals surface area contributed by atoms with Gasteiger partial charge in [0, 0.05) is 0 Å². The molecule has 0 nitrogen and oxygen atoms in total. The summed E-state index contributed by atoms with van der Waals surface area (Å²) in [6.07, 6.45) is 0. The third-order valence-electron chi connectivity index (χ3n) is 1.11. The van der Waals surface area contributed by atoms with Crippen molar-refractivity contribution in [1.29, 1.82) is 0 Å². The van der Waals surface area contributed by atoms with Crippen LogP contribution in [0, 0.1) is 0 Å². The molecule has 0 aliphatic rings. The van der Waals surface area contributed by atoms with Crippen molar-refractivity contribution < 1.29 is 27.6 Å². The van der Waals surface area contributed by atoms with Crippen LogP contribution in [0.3, 0.4) is 0 Å². The fourth-order valence-electron chi connectivity index (χ4n) is 0.642. The van der Waals surface area contributed by atoms with Crippen LogP contribution < -0.4 is 0 Å². The number of hydrogen-bond donors (Lipinski definition) is 0. The van der Waals surface area contributed by atoms with Gasteiger partial charge in [0.25, 0.3) is 0 Å². The summed E-state index contributed by atoms with van der Waals surface area (Å²) in [4.78, 5) is 0. The van der Waals surface area contributed by atoms with Gasteiger partial charge in [-0.1, -0.05) is 0 Å². The van der Waals surface area contributed by atoms with Crippen molar-refractivity contribution in [3.63, 3.8) is 0 Å². The summed E-state index contributed by atoms with van der Waals surface area (Å²) in [5.74, 6) is 0. The van der Waals surface area contributed by atoms with Crippen molar-refractivity contribution in [3.8, 4) is 0 Å². The Hall–Kier alpha value is -0.417. The third-order valence-corrected chi connectivity index (χ3v) is 1.11. The van der Waals surface area contributed by atoms with Crippen LogP contribution in [0.1, 0.15) is 1.43 Å². The minimum atomic E-state index is 0. The molecule has 0 aromatic heterocycles. The monoisotopic (exact) mass is 221 g/mol. The second-order valence-electron chi connectivity index (χ2n) is 1.92. The summed E-state index contributed by atoms with van der Waals surface area (Å²) in [5.41, 5.74) is 0. The Morgan fingerprint density at radius 3 is 1.00 bits per heavy atom. The summed E-state index contributed by atoms with van der Waals surface area (Å²) < 4.78 is 0. The Morgan fingerprint density at radius 1 is 0.636 bits per heavy atom. The van der Waals surface area contributed by atoms with Gasteiger partial charge in [-0.15, -0.1) is 0 Å². The van der Waals surface area contributed by atoms with Crippen LogP contribution in [0.2, 0.25) is 0 Å². The van der Waals surface area contributed by atoms with Crippen molar-refractivity contribution in [3.05, 3.63) is 60.7 Å². The van der Waals surface area contributed by atoms with Gasteiger partial charge < -0.3 is 1.43 Å². The van der Waals surface area contributed by atoms with Crippen LogP contribution in [-0.4, -0.2) is 0 Å². The van der Waals surface area contributed by atoms with E-state index in [1.165, 1.54) is 0 Å². The van der Waals surface area contributed by atoms with E-state index in [0.717, 1.165) is 0 Å². The van der Waals surface area contributed by atoms with E-state index in [1.807, 2.05) is 60.7 Å². The van der Waals surface area contributed by atoms with Crippen molar-refractivity contribution in [2.24, 2.45) is 0 Å². The maximum absolute atomic E-state index is 2.00. The fourth-order valence-corrected chi connectivity index (χ4v) is 0.642. The molecule has 0 atom stereocenters. The molecule has 0 saturated carbocycles. The normalized spacial score (nSPS) is 7.27. The van der Waals surface area contributed by atoms with Crippen LogP contribution in [0.4, 0.5) is 0 Å². The maximum atomic E-state index is 2.00. The van der Waals surface area contributed by atoms with Gasteiger partial charge in [0.2, 0.25) is 0 Å². The van der Waals surface area contributed by atoms with Gasteiger partial charge in [-0.25, -0.2) is 24.3 Å². The van der Waals surface area contributed by atoms with Crippen molar-refractivity contribution in [2.45, 2.75) is 0 Å². The van der Waals surface area contributed by atoms with E-state index in [1.54, 1.807) is 0 Å². The largest absolute Gasteiger partial charge is 3.00 e. The fraction of sp³-hybridized carbons (Fsp3) is 0. The second kappa shape index (κ2) is 7.69. The van der Waals surface area contributed by atoms with E-state index < -0.39 is 0 Å². The molecule has 0 unspecified atom stereocenters. The molecule has 2 aromatic rings. The standard InChI is InChI=1S/2C5H5.Zr.H/c2*1-2-4-5-3-1;;/h2*1-5H;;/q2*-1;+3;-1. The predicted octanol–water partition coefficient (Wildman–Crippen LogP) is 2.92. The van der Waals surface area contributed by atoms with Crippen molar-refractivity contribution >= 4 is 0 Å². The first-order valence-electron chi connectivity index (χ1n) is 3.33. The van der Waals surface area contributed by atoms with Gasteiger partial charge in [0.1, 0.15) is 0 Å². The zero-order chi connectivity index (χ0) is 7.07. The Balaban J connectivity index is 0. The van der Waals surface area contributed by atoms with Gasteiger partial charge >= 0.3 is 26.2 Å². The van der Waals surface area contributed by atoms with Gasteiger partial charge in [-0.2, -0.15) is 36.4 Å². The first kappa shape index (κ1) is 10.6. The van der Waals surface area contributed by atoms with E-state index in [0.29, 0.717) is 0 Å². The molecule has 1 heteroatoms. The molecule has 0 aliphatic carbocycles. The first-order chi connectivity index (χ1) is 5.00. The van der Waals surface area contributed by atoms with Gasteiger partial charge in [0.05, 0.1) is 0 Å². The van der Waals surface area contributed by atoms with Gasteiger partial charge in [0.15, 0.2) is 0 Å². The average molecular weight is 222 g/mol. The molecular formula is C10H11Zr. The van der Waals surface area contributed by atoms with Crippen LogP contribution in [0.25, 0.3) is 0 Å². The smallest absolute Gasteiger partial charge is 1.00 e. The molecule has 0 amide bonds. The molecule has 0 spiro atoms. The van der Waals surface area contributed by atoms with Crippen LogP contribution >= 0.6 is 0 Å². The summed E-state index contributed by atoms with van der Waals surface area (Å²) in [7, 11) is 0. The van der Waals surface area contributed by atoms with Gasteiger partial charge in [-0.05, 0) is 0 Å². The molecule has 11 heavy (non-hydrogen) atoms. The summed E-state index contributed by atoms with van der Waals surface area (Å²) in [6.45, 7) is 0. The van der Waals surface area contributed by atoms with E-state index >= 15 is 0 Å². The maximum Gasteiger partial charge on any atom is 3.00 e. The Morgan fingerprint density at radius 2 is 0.909 bits per heavy atom. The number of hydrogen-bond acceptors (Lipinski definition) is 0. The van der Waals surface area contributed by atoms with Crippen LogP contribution in [0.5, 0.6) is 0 Å². The zero-order valence-electron chi connectivity index (χ0n) is 7.27. The quantitative estimate of drug-likeness (QED) is 0.601. The van der Waals surface area contributed by atoms with Crippen molar-refractivity contribution in [1.82, 2.24) is 0 Å². The molecule has 0 N–H and O–H groups in total. The van der Waals surface area contributed by atoms with Crippen molar-refractivity contribution in [2.75, 3.05) is 0 Å². The number of rotatable bonds is 0. The zero-order valence-corrected chi connectivity index (χ0v) is 8.73. The Bertz CT molecular complexity index is 149. The SMILES string of the molecule is [H-].[Zr+3].c1cc[cH-]c1.c1cc[cH-]c1. The third kappa shape index (κ3) is 6.00. The van der Waals surface area contributed by atoms with E-state index in [2.05, 4.69) is 0 Å². The molecular weight excluding hydrogens is 211 g/mol. The summed E-state index contributed by atoms with van der Waals surface area (Å²) in [5, 5.41) is 0. The van der Waals surface area contributed by atoms with Crippen LogP contribution in [-0.2, 0) is 26.2 Å². The average Bonchev–Trinajstić information content (AvgIpc) is 2.67. The minimum absolute atomic E-state index is 0. The van der Waals surface area contributed by atoms with E-state index in [9.17, 15) is 0 Å². The molecule has 1 radical (unpaired) electrons. The summed E-state index contributed by atoms with van der Waals surface area (Å²) in [6, 6.07) is 20.0. The molecule has 0 heterocycles. The Kier molecular flexibility index (Phi) is 7.40. The second-order valence-corrected chi connectivity index (χ2v) is 1.92. The molecule has 0 fully saturated rings. The molecule has 55 valence electrons. The molecule has 0 bridgehead atoms. The summed E-state index contributed by atoms with van der Waals surface area (Å²) >= 11 is 0. The van der Waals surface area contributed by atoms with E-state index in [-0.39, 0.29) is 27.6 Å². The predicted molar refractivity (Wildman–Crippen MR) is 45.2 cm³/mol. The van der Waals surface area contributed by atoms with E-state index in [4.69, 9.17) is 0 Å². The minimum Gasteiger partial charge on any atom is -1.00 e. The van der Waals surface area contributed by atoms with Gasteiger partial charge in [-0.3, -0.25) is 0 Å².